The van der Waals surface area contributed by atoms with E-state index in [0.717, 1.165) is 13.0 Å². The SMILES string of the molecule is COc1cc(OC)cc(C(=O)NC2C3CCOC3C2C2CCCC2)c1. The fourth-order valence-electron chi connectivity index (χ4n) is 5.03. The number of benzene rings is 1. The molecule has 3 aliphatic rings. The van der Waals surface area contributed by atoms with Crippen molar-refractivity contribution in [1.29, 1.82) is 0 Å². The minimum atomic E-state index is -0.0458. The van der Waals surface area contributed by atoms with Crippen LogP contribution in [0.15, 0.2) is 18.2 Å². The van der Waals surface area contributed by atoms with Crippen LogP contribution in [0.4, 0.5) is 0 Å². The van der Waals surface area contributed by atoms with Gasteiger partial charge in [-0.25, -0.2) is 0 Å². The van der Waals surface area contributed by atoms with Gasteiger partial charge in [0.25, 0.3) is 5.91 Å². The molecule has 5 nitrogen and oxygen atoms in total. The maximum Gasteiger partial charge on any atom is 0.251 e. The normalized spacial score (nSPS) is 31.3. The summed E-state index contributed by atoms with van der Waals surface area (Å²) in [5.41, 5.74) is 0.587. The Hall–Kier alpha value is -1.75. The molecule has 1 aromatic rings. The van der Waals surface area contributed by atoms with E-state index < -0.39 is 0 Å². The molecule has 3 fully saturated rings. The monoisotopic (exact) mass is 345 g/mol. The molecule has 4 atom stereocenters. The number of ether oxygens (including phenoxy) is 3. The number of nitrogens with one attached hydrogen (secondary N) is 1. The van der Waals surface area contributed by atoms with Crippen molar-refractivity contribution < 1.29 is 19.0 Å². The van der Waals surface area contributed by atoms with Crippen molar-refractivity contribution in [3.63, 3.8) is 0 Å². The van der Waals surface area contributed by atoms with Gasteiger partial charge in [-0.05, 0) is 24.5 Å². The number of hydrogen-bond donors (Lipinski definition) is 1. The lowest BCUT2D eigenvalue weighted by Gasteiger charge is -2.50. The van der Waals surface area contributed by atoms with E-state index in [0.29, 0.717) is 40.9 Å². The van der Waals surface area contributed by atoms with Crippen molar-refractivity contribution in [2.45, 2.75) is 44.2 Å². The van der Waals surface area contributed by atoms with Gasteiger partial charge in [0.15, 0.2) is 0 Å². The van der Waals surface area contributed by atoms with Gasteiger partial charge in [0.05, 0.1) is 20.3 Å². The van der Waals surface area contributed by atoms with Crippen LogP contribution in [-0.2, 0) is 4.74 Å². The molecule has 1 amide bonds. The van der Waals surface area contributed by atoms with Crippen molar-refractivity contribution in [2.24, 2.45) is 17.8 Å². The maximum atomic E-state index is 12.9. The second kappa shape index (κ2) is 6.87. The van der Waals surface area contributed by atoms with Crippen molar-refractivity contribution in [3.05, 3.63) is 23.8 Å². The number of rotatable bonds is 5. The summed E-state index contributed by atoms with van der Waals surface area (Å²) < 4.78 is 16.5. The summed E-state index contributed by atoms with van der Waals surface area (Å²) in [5, 5.41) is 3.30. The number of carbonyl (C=O) groups is 1. The van der Waals surface area contributed by atoms with Gasteiger partial charge in [0, 0.05) is 36.1 Å². The zero-order valence-corrected chi connectivity index (χ0v) is 15.0. The second-order valence-electron chi connectivity index (χ2n) is 7.51. The Balaban J connectivity index is 1.51. The average Bonchev–Trinajstić information content (AvgIpc) is 3.30. The standard InChI is InChI=1S/C20H27NO4/c1-23-14-9-13(10-15(11-14)24-2)20(22)21-18-16-7-8-25-19(16)17(18)12-5-3-4-6-12/h9-12,16-19H,3-8H2,1-2H3,(H,21,22). The third kappa shape index (κ3) is 2.99. The minimum Gasteiger partial charge on any atom is -0.497 e. The lowest BCUT2D eigenvalue weighted by Crippen LogP contribution is -2.63. The van der Waals surface area contributed by atoms with Gasteiger partial charge in [0.2, 0.25) is 0 Å². The number of amides is 1. The van der Waals surface area contributed by atoms with Gasteiger partial charge in [-0.2, -0.15) is 0 Å². The van der Waals surface area contributed by atoms with Crippen LogP contribution in [0, 0.1) is 17.8 Å². The Bertz CT molecular complexity index is 614. The van der Waals surface area contributed by atoms with E-state index in [9.17, 15) is 4.79 Å². The third-order valence-corrected chi connectivity index (χ3v) is 6.29. The molecule has 0 aromatic heterocycles. The highest BCUT2D eigenvalue weighted by atomic mass is 16.5. The molecule has 5 heteroatoms. The average molecular weight is 345 g/mol. The fourth-order valence-corrected chi connectivity index (χ4v) is 5.03. The van der Waals surface area contributed by atoms with Crippen LogP contribution in [0.5, 0.6) is 11.5 Å². The van der Waals surface area contributed by atoms with Crippen molar-refractivity contribution in [1.82, 2.24) is 5.32 Å². The maximum absolute atomic E-state index is 12.9. The van der Waals surface area contributed by atoms with Crippen LogP contribution in [0.25, 0.3) is 0 Å². The van der Waals surface area contributed by atoms with Crippen molar-refractivity contribution >= 4 is 5.91 Å². The molecular weight excluding hydrogens is 318 g/mol. The lowest BCUT2D eigenvalue weighted by molar-refractivity contribution is -0.0784. The van der Waals surface area contributed by atoms with Crippen molar-refractivity contribution in [2.75, 3.05) is 20.8 Å². The summed E-state index contributed by atoms with van der Waals surface area (Å²) in [6.45, 7) is 0.831. The summed E-state index contributed by atoms with van der Waals surface area (Å²) in [4.78, 5) is 12.9. The molecule has 4 unspecified atom stereocenters. The van der Waals surface area contributed by atoms with Crippen LogP contribution in [0.2, 0.25) is 0 Å². The Morgan fingerprint density at radius 1 is 1.08 bits per heavy atom. The minimum absolute atomic E-state index is 0.0458. The van der Waals surface area contributed by atoms with Gasteiger partial charge >= 0.3 is 0 Å². The molecule has 2 saturated carbocycles. The van der Waals surface area contributed by atoms with E-state index >= 15 is 0 Å². The zero-order chi connectivity index (χ0) is 17.4. The fraction of sp³-hybridized carbons (Fsp3) is 0.650. The van der Waals surface area contributed by atoms with E-state index in [1.165, 1.54) is 25.7 Å². The van der Waals surface area contributed by atoms with Crippen LogP contribution in [0.3, 0.4) is 0 Å². The smallest absolute Gasteiger partial charge is 0.251 e. The van der Waals surface area contributed by atoms with Crippen molar-refractivity contribution in [3.8, 4) is 11.5 Å². The van der Waals surface area contributed by atoms with E-state index in [1.807, 2.05) is 0 Å². The second-order valence-corrected chi connectivity index (χ2v) is 7.51. The molecule has 1 saturated heterocycles. The predicted molar refractivity (Wildman–Crippen MR) is 94.1 cm³/mol. The molecule has 4 rings (SSSR count). The molecule has 1 heterocycles. The van der Waals surface area contributed by atoms with E-state index in [2.05, 4.69) is 5.32 Å². The molecule has 0 radical (unpaired) electrons. The quantitative estimate of drug-likeness (QED) is 0.891. The van der Waals surface area contributed by atoms with Gasteiger partial charge in [-0.15, -0.1) is 0 Å². The van der Waals surface area contributed by atoms with Gasteiger partial charge in [-0.3, -0.25) is 4.79 Å². The Morgan fingerprint density at radius 3 is 2.40 bits per heavy atom. The van der Waals surface area contributed by atoms with E-state index in [4.69, 9.17) is 14.2 Å². The first-order valence-electron chi connectivity index (χ1n) is 9.37. The zero-order valence-electron chi connectivity index (χ0n) is 15.0. The molecule has 1 N–H and O–H groups in total. The highest BCUT2D eigenvalue weighted by Crippen LogP contribution is 2.51. The summed E-state index contributed by atoms with van der Waals surface area (Å²) in [7, 11) is 3.19. The topological polar surface area (TPSA) is 56.8 Å². The highest BCUT2D eigenvalue weighted by molar-refractivity contribution is 5.95. The molecule has 0 spiro atoms. The molecular formula is C20H27NO4. The van der Waals surface area contributed by atoms with Gasteiger partial charge in [-0.1, -0.05) is 25.7 Å². The summed E-state index contributed by atoms with van der Waals surface area (Å²) in [6.07, 6.45) is 6.58. The molecule has 1 aromatic carbocycles. The van der Waals surface area contributed by atoms with Crippen LogP contribution in [0.1, 0.15) is 42.5 Å². The summed E-state index contributed by atoms with van der Waals surface area (Å²) >= 11 is 0. The number of carbonyl (C=O) groups excluding carboxylic acids is 1. The largest absolute Gasteiger partial charge is 0.497 e. The molecule has 1 aliphatic heterocycles. The van der Waals surface area contributed by atoms with Gasteiger partial charge < -0.3 is 19.5 Å². The van der Waals surface area contributed by atoms with E-state index in [-0.39, 0.29) is 11.9 Å². The molecule has 136 valence electrons. The molecule has 0 bridgehead atoms. The first-order chi connectivity index (χ1) is 12.2. The first kappa shape index (κ1) is 16.7. The van der Waals surface area contributed by atoms with Crippen LogP contribution >= 0.6 is 0 Å². The molecule has 2 aliphatic carbocycles. The Kier molecular flexibility index (Phi) is 4.59. The predicted octanol–water partition coefficient (Wildman–Crippen LogP) is 3.03. The number of methoxy groups -OCH3 is 2. The first-order valence-corrected chi connectivity index (χ1v) is 9.37. The number of fused-ring (bicyclic) bond motifs is 1. The van der Waals surface area contributed by atoms with Gasteiger partial charge in [0.1, 0.15) is 11.5 Å². The molecule has 25 heavy (non-hydrogen) atoms. The lowest BCUT2D eigenvalue weighted by atomic mass is 9.61. The Labute approximate surface area is 149 Å². The summed E-state index contributed by atoms with van der Waals surface area (Å²) in [6, 6.07) is 5.55. The number of hydrogen-bond acceptors (Lipinski definition) is 4. The Morgan fingerprint density at radius 2 is 1.76 bits per heavy atom. The summed E-state index contributed by atoms with van der Waals surface area (Å²) in [5.74, 6) is 2.87. The third-order valence-electron chi connectivity index (χ3n) is 6.29. The van der Waals surface area contributed by atoms with Crippen LogP contribution in [-0.4, -0.2) is 38.9 Å². The highest BCUT2D eigenvalue weighted by Gasteiger charge is 2.57. The van der Waals surface area contributed by atoms with E-state index in [1.54, 1.807) is 32.4 Å². The van der Waals surface area contributed by atoms with Crippen LogP contribution < -0.4 is 14.8 Å².